The van der Waals surface area contributed by atoms with Crippen molar-refractivity contribution in [3.8, 4) is 5.69 Å². The molecule has 0 aliphatic carbocycles. The van der Waals surface area contributed by atoms with Gasteiger partial charge in [-0.15, -0.1) is 0 Å². The zero-order valence-corrected chi connectivity index (χ0v) is 16.2. The van der Waals surface area contributed by atoms with Gasteiger partial charge in [-0.3, -0.25) is 4.79 Å². The van der Waals surface area contributed by atoms with Crippen LogP contribution < -0.4 is 10.2 Å². The zero-order valence-electron chi connectivity index (χ0n) is 14.6. The minimum atomic E-state index is -0.144. The second-order valence-electron chi connectivity index (χ2n) is 6.21. The Morgan fingerprint density at radius 1 is 1.11 bits per heavy atom. The topological polar surface area (TPSA) is 59.4 Å². The number of nitrogens with zero attached hydrogens (tertiary/aromatic N) is 3. The van der Waals surface area contributed by atoms with Gasteiger partial charge in [0.1, 0.15) is 0 Å². The van der Waals surface area contributed by atoms with Gasteiger partial charge < -0.3 is 15.0 Å². The molecule has 1 N–H and O–H groups in total. The van der Waals surface area contributed by atoms with Crippen LogP contribution in [0.3, 0.4) is 0 Å². The molecule has 1 fully saturated rings. The molecule has 1 aliphatic heterocycles. The van der Waals surface area contributed by atoms with Crippen molar-refractivity contribution in [1.29, 1.82) is 0 Å². The predicted molar refractivity (Wildman–Crippen MR) is 109 cm³/mol. The molecule has 4 rings (SSSR count). The van der Waals surface area contributed by atoms with E-state index in [0.29, 0.717) is 18.8 Å². The lowest BCUT2D eigenvalue weighted by molar-refractivity contribution is 0.102. The van der Waals surface area contributed by atoms with Crippen molar-refractivity contribution in [2.75, 3.05) is 36.5 Å². The van der Waals surface area contributed by atoms with Crippen LogP contribution >= 0.6 is 15.9 Å². The van der Waals surface area contributed by atoms with Gasteiger partial charge in [0, 0.05) is 35.5 Å². The average Bonchev–Trinajstić information content (AvgIpc) is 3.24. The molecule has 138 valence electrons. The van der Waals surface area contributed by atoms with Crippen LogP contribution in [-0.2, 0) is 4.74 Å². The van der Waals surface area contributed by atoms with Crippen LogP contribution in [0, 0.1) is 0 Å². The van der Waals surface area contributed by atoms with E-state index < -0.39 is 0 Å². The fraction of sp³-hybridized carbons (Fsp3) is 0.200. The maximum absolute atomic E-state index is 12.8. The van der Waals surface area contributed by atoms with Crippen molar-refractivity contribution in [3.63, 3.8) is 0 Å². The lowest BCUT2D eigenvalue weighted by Gasteiger charge is -2.30. The number of amides is 1. The van der Waals surface area contributed by atoms with Gasteiger partial charge in [-0.1, -0.05) is 15.9 Å². The lowest BCUT2D eigenvalue weighted by Crippen LogP contribution is -2.36. The van der Waals surface area contributed by atoms with E-state index in [1.165, 1.54) is 0 Å². The van der Waals surface area contributed by atoms with E-state index in [2.05, 4.69) is 31.2 Å². The summed E-state index contributed by atoms with van der Waals surface area (Å²) in [4.78, 5) is 15.0. The third-order valence-corrected chi connectivity index (χ3v) is 4.95. The molecule has 2 heterocycles. The van der Waals surface area contributed by atoms with Gasteiger partial charge in [-0.25, -0.2) is 4.68 Å². The van der Waals surface area contributed by atoms with Gasteiger partial charge in [0.25, 0.3) is 5.91 Å². The molecule has 6 nitrogen and oxygen atoms in total. The Labute approximate surface area is 165 Å². The molecule has 0 unspecified atom stereocenters. The fourth-order valence-electron chi connectivity index (χ4n) is 3.07. The number of aromatic nitrogens is 2. The van der Waals surface area contributed by atoms with Gasteiger partial charge >= 0.3 is 0 Å². The molecule has 0 saturated carbocycles. The number of morpholine rings is 1. The number of rotatable bonds is 4. The summed E-state index contributed by atoms with van der Waals surface area (Å²) in [6.45, 7) is 3.00. The third kappa shape index (κ3) is 4.04. The van der Waals surface area contributed by atoms with Crippen LogP contribution in [0.15, 0.2) is 65.4 Å². The minimum Gasteiger partial charge on any atom is -0.378 e. The molecule has 1 amide bonds. The Morgan fingerprint density at radius 3 is 2.59 bits per heavy atom. The Balaban J connectivity index is 1.54. The average molecular weight is 427 g/mol. The van der Waals surface area contributed by atoms with Crippen molar-refractivity contribution < 1.29 is 9.53 Å². The smallest absolute Gasteiger partial charge is 0.255 e. The van der Waals surface area contributed by atoms with Crippen molar-refractivity contribution in [2.24, 2.45) is 0 Å². The second kappa shape index (κ2) is 7.94. The number of nitrogens with one attached hydrogen (secondary N) is 1. The first-order valence-electron chi connectivity index (χ1n) is 8.74. The number of anilines is 2. The molecule has 3 aromatic rings. The van der Waals surface area contributed by atoms with Crippen molar-refractivity contribution in [3.05, 3.63) is 71.0 Å². The highest BCUT2D eigenvalue weighted by Gasteiger charge is 2.17. The largest absolute Gasteiger partial charge is 0.378 e. The standard InChI is InChI=1S/C20H19BrN4O2/c21-16-4-7-19(24-10-12-27-13-11-24)18(14-16)23-20(26)15-2-5-17(6-3-15)25-9-1-8-22-25/h1-9,14H,10-13H2,(H,23,26). The van der Waals surface area contributed by atoms with Gasteiger partial charge in [0.2, 0.25) is 0 Å². The lowest BCUT2D eigenvalue weighted by atomic mass is 10.1. The summed E-state index contributed by atoms with van der Waals surface area (Å²) in [5, 5.41) is 7.24. The SMILES string of the molecule is O=C(Nc1cc(Br)ccc1N1CCOCC1)c1ccc(-n2cccn2)cc1. The Bertz CT molecular complexity index is 920. The van der Waals surface area contributed by atoms with E-state index in [-0.39, 0.29) is 5.91 Å². The summed E-state index contributed by atoms with van der Waals surface area (Å²) in [5.74, 6) is -0.144. The van der Waals surface area contributed by atoms with Crippen LogP contribution in [0.2, 0.25) is 0 Å². The summed E-state index contributed by atoms with van der Waals surface area (Å²) in [5.41, 5.74) is 3.29. The monoisotopic (exact) mass is 426 g/mol. The number of carbonyl (C=O) groups is 1. The van der Waals surface area contributed by atoms with Crippen molar-refractivity contribution >= 4 is 33.2 Å². The Hall–Kier alpha value is -2.64. The first-order chi connectivity index (χ1) is 13.2. The number of benzene rings is 2. The van der Waals surface area contributed by atoms with Gasteiger partial charge in [-0.2, -0.15) is 5.10 Å². The van der Waals surface area contributed by atoms with Gasteiger partial charge in [0.05, 0.1) is 30.3 Å². The highest BCUT2D eigenvalue weighted by molar-refractivity contribution is 9.10. The van der Waals surface area contributed by atoms with E-state index in [1.807, 2.05) is 42.6 Å². The summed E-state index contributed by atoms with van der Waals surface area (Å²) >= 11 is 3.49. The van der Waals surface area contributed by atoms with E-state index in [9.17, 15) is 4.79 Å². The fourth-order valence-corrected chi connectivity index (χ4v) is 3.43. The highest BCUT2D eigenvalue weighted by Crippen LogP contribution is 2.30. The molecular weight excluding hydrogens is 408 g/mol. The Morgan fingerprint density at radius 2 is 1.89 bits per heavy atom. The number of carbonyl (C=O) groups excluding carboxylic acids is 1. The first-order valence-corrected chi connectivity index (χ1v) is 9.54. The van der Waals surface area contributed by atoms with Crippen molar-refractivity contribution in [1.82, 2.24) is 9.78 Å². The normalized spacial score (nSPS) is 14.2. The number of hydrogen-bond donors (Lipinski definition) is 1. The third-order valence-electron chi connectivity index (χ3n) is 4.46. The molecule has 0 spiro atoms. The maximum Gasteiger partial charge on any atom is 0.255 e. The van der Waals surface area contributed by atoms with Crippen LogP contribution in [0.4, 0.5) is 11.4 Å². The highest BCUT2D eigenvalue weighted by atomic mass is 79.9. The second-order valence-corrected chi connectivity index (χ2v) is 7.13. The molecule has 1 saturated heterocycles. The van der Waals surface area contributed by atoms with Gasteiger partial charge in [-0.05, 0) is 48.5 Å². The molecule has 1 aromatic heterocycles. The van der Waals surface area contributed by atoms with Crippen molar-refractivity contribution in [2.45, 2.75) is 0 Å². The van der Waals surface area contributed by atoms with Crippen LogP contribution in [0.25, 0.3) is 5.69 Å². The van der Waals surface area contributed by atoms with Crippen LogP contribution in [0.1, 0.15) is 10.4 Å². The summed E-state index contributed by atoms with van der Waals surface area (Å²) in [6, 6.07) is 15.2. The molecule has 0 bridgehead atoms. The first kappa shape index (κ1) is 17.8. The van der Waals surface area contributed by atoms with Crippen LogP contribution in [-0.4, -0.2) is 42.0 Å². The molecule has 1 aliphatic rings. The summed E-state index contributed by atoms with van der Waals surface area (Å²) < 4.78 is 8.11. The summed E-state index contributed by atoms with van der Waals surface area (Å²) in [7, 11) is 0. The molecular formula is C20H19BrN4O2. The predicted octanol–water partition coefficient (Wildman–Crippen LogP) is 3.72. The quantitative estimate of drug-likeness (QED) is 0.690. The van der Waals surface area contributed by atoms with E-state index >= 15 is 0 Å². The van der Waals surface area contributed by atoms with E-state index in [4.69, 9.17) is 4.74 Å². The summed E-state index contributed by atoms with van der Waals surface area (Å²) in [6.07, 6.45) is 3.59. The molecule has 0 radical (unpaired) electrons. The number of halogens is 1. The molecule has 0 atom stereocenters. The minimum absolute atomic E-state index is 0.144. The Kier molecular flexibility index (Phi) is 5.22. The maximum atomic E-state index is 12.8. The van der Waals surface area contributed by atoms with E-state index in [0.717, 1.165) is 34.6 Å². The molecule has 2 aromatic carbocycles. The number of ether oxygens (including phenoxy) is 1. The number of hydrogen-bond acceptors (Lipinski definition) is 4. The zero-order chi connectivity index (χ0) is 18.6. The van der Waals surface area contributed by atoms with E-state index in [1.54, 1.807) is 23.0 Å². The molecule has 27 heavy (non-hydrogen) atoms. The van der Waals surface area contributed by atoms with Crippen LogP contribution in [0.5, 0.6) is 0 Å². The van der Waals surface area contributed by atoms with Gasteiger partial charge in [0.15, 0.2) is 0 Å². The molecule has 7 heteroatoms.